The van der Waals surface area contributed by atoms with Gasteiger partial charge in [-0.05, 0) is 48.7 Å². The van der Waals surface area contributed by atoms with Crippen molar-refractivity contribution in [3.63, 3.8) is 0 Å². The van der Waals surface area contributed by atoms with E-state index in [0.29, 0.717) is 19.8 Å². The van der Waals surface area contributed by atoms with E-state index in [0.717, 1.165) is 34.8 Å². The molecule has 2 aromatic rings. The maximum atomic E-state index is 6.31. The highest BCUT2D eigenvalue weighted by atomic mass is 16.6. The van der Waals surface area contributed by atoms with Gasteiger partial charge in [0.15, 0.2) is 11.5 Å². The third-order valence-corrected chi connectivity index (χ3v) is 3.68. The Bertz CT molecular complexity index is 625. The van der Waals surface area contributed by atoms with Crippen molar-refractivity contribution in [3.8, 4) is 17.2 Å². The Morgan fingerprint density at radius 1 is 1.05 bits per heavy atom. The predicted octanol–water partition coefficient (Wildman–Crippen LogP) is 3.10. The molecule has 1 aliphatic heterocycles. The lowest BCUT2D eigenvalue weighted by molar-refractivity contribution is 0.171. The molecule has 0 saturated carbocycles. The number of hydrogen-bond donors (Lipinski definition) is 1. The van der Waals surface area contributed by atoms with Crippen LogP contribution < -0.4 is 19.9 Å². The van der Waals surface area contributed by atoms with Gasteiger partial charge in [-0.2, -0.15) is 0 Å². The van der Waals surface area contributed by atoms with Crippen LogP contribution in [0.25, 0.3) is 0 Å². The van der Waals surface area contributed by atoms with Gasteiger partial charge in [0.1, 0.15) is 19.0 Å². The van der Waals surface area contributed by atoms with Gasteiger partial charge in [-0.1, -0.05) is 18.2 Å². The van der Waals surface area contributed by atoms with E-state index in [1.165, 1.54) is 0 Å². The highest BCUT2D eigenvalue weighted by molar-refractivity contribution is 5.44. The number of hydrogen-bond acceptors (Lipinski definition) is 4. The van der Waals surface area contributed by atoms with Gasteiger partial charge >= 0.3 is 0 Å². The Morgan fingerprint density at radius 2 is 1.77 bits per heavy atom. The topological polar surface area (TPSA) is 53.7 Å². The molecule has 3 rings (SSSR count). The second-order valence-electron chi connectivity index (χ2n) is 5.29. The summed E-state index contributed by atoms with van der Waals surface area (Å²) in [6.07, 6.45) is 0.755. The summed E-state index contributed by atoms with van der Waals surface area (Å²) >= 11 is 0. The van der Waals surface area contributed by atoms with Crippen molar-refractivity contribution in [3.05, 3.63) is 53.6 Å². The Labute approximate surface area is 130 Å². The largest absolute Gasteiger partial charge is 0.494 e. The Balaban J connectivity index is 1.69. The Morgan fingerprint density at radius 3 is 2.50 bits per heavy atom. The van der Waals surface area contributed by atoms with Crippen molar-refractivity contribution in [2.24, 2.45) is 5.73 Å². The first kappa shape index (κ1) is 14.7. The molecule has 22 heavy (non-hydrogen) atoms. The smallest absolute Gasteiger partial charge is 0.161 e. The third-order valence-electron chi connectivity index (χ3n) is 3.68. The molecule has 1 aliphatic rings. The lowest BCUT2D eigenvalue weighted by atomic mass is 9.99. The van der Waals surface area contributed by atoms with Crippen LogP contribution >= 0.6 is 0 Å². The molecule has 0 radical (unpaired) electrons. The van der Waals surface area contributed by atoms with E-state index < -0.39 is 0 Å². The van der Waals surface area contributed by atoms with E-state index >= 15 is 0 Å². The molecule has 0 amide bonds. The second kappa shape index (κ2) is 6.71. The number of benzene rings is 2. The van der Waals surface area contributed by atoms with Crippen LogP contribution in [0.3, 0.4) is 0 Å². The zero-order valence-electron chi connectivity index (χ0n) is 12.7. The monoisotopic (exact) mass is 299 g/mol. The molecule has 0 spiro atoms. The van der Waals surface area contributed by atoms with Crippen LogP contribution in [0.4, 0.5) is 0 Å². The van der Waals surface area contributed by atoms with Crippen molar-refractivity contribution in [2.45, 2.75) is 19.4 Å². The molecular formula is C18H21NO3. The predicted molar refractivity (Wildman–Crippen MR) is 85.7 cm³/mol. The number of nitrogens with two attached hydrogens (primary N) is 1. The minimum absolute atomic E-state index is 0.0572. The molecule has 1 unspecified atom stereocenters. The average molecular weight is 299 g/mol. The molecular weight excluding hydrogens is 278 g/mol. The zero-order chi connectivity index (χ0) is 15.4. The van der Waals surface area contributed by atoms with Crippen LogP contribution in [0, 0.1) is 0 Å². The molecule has 2 aromatic carbocycles. The highest BCUT2D eigenvalue weighted by Crippen LogP contribution is 2.32. The summed E-state index contributed by atoms with van der Waals surface area (Å²) in [4.78, 5) is 0. The summed E-state index contributed by atoms with van der Waals surface area (Å²) in [6, 6.07) is 13.9. The molecule has 0 bridgehead atoms. The first-order chi connectivity index (χ1) is 10.8. The summed E-state index contributed by atoms with van der Waals surface area (Å²) in [5.74, 6) is 2.49. The van der Waals surface area contributed by atoms with Gasteiger partial charge in [0.05, 0.1) is 6.61 Å². The Hall–Kier alpha value is -2.20. The standard InChI is InChI=1S/C18H21NO3/c1-2-20-15-6-4-14(5-7-15)16(19)11-13-3-8-17-18(12-13)22-10-9-21-17/h3-8,12,16H,2,9-11,19H2,1H3. The van der Waals surface area contributed by atoms with Crippen LogP contribution in [0.5, 0.6) is 17.2 Å². The highest BCUT2D eigenvalue weighted by Gasteiger charge is 2.14. The van der Waals surface area contributed by atoms with Crippen molar-refractivity contribution >= 4 is 0 Å². The quantitative estimate of drug-likeness (QED) is 0.921. The fourth-order valence-electron chi connectivity index (χ4n) is 2.56. The minimum Gasteiger partial charge on any atom is -0.494 e. The molecule has 0 aliphatic carbocycles. The summed E-state index contributed by atoms with van der Waals surface area (Å²) in [6.45, 7) is 3.85. The van der Waals surface area contributed by atoms with E-state index in [-0.39, 0.29) is 6.04 Å². The molecule has 4 nitrogen and oxygen atoms in total. The van der Waals surface area contributed by atoms with Crippen LogP contribution in [0.1, 0.15) is 24.1 Å². The van der Waals surface area contributed by atoms with Crippen LogP contribution in [0.2, 0.25) is 0 Å². The minimum atomic E-state index is -0.0572. The van der Waals surface area contributed by atoms with Crippen LogP contribution in [-0.4, -0.2) is 19.8 Å². The molecule has 1 atom stereocenters. The van der Waals surface area contributed by atoms with E-state index in [9.17, 15) is 0 Å². The Kier molecular flexibility index (Phi) is 4.49. The van der Waals surface area contributed by atoms with Gasteiger partial charge in [-0.15, -0.1) is 0 Å². The molecule has 2 N–H and O–H groups in total. The summed E-state index contributed by atoms with van der Waals surface area (Å²) < 4.78 is 16.6. The number of rotatable bonds is 5. The van der Waals surface area contributed by atoms with Crippen molar-refractivity contribution < 1.29 is 14.2 Å². The summed E-state index contributed by atoms with van der Waals surface area (Å²) in [5.41, 5.74) is 8.55. The van der Waals surface area contributed by atoms with Crippen molar-refractivity contribution in [1.29, 1.82) is 0 Å². The van der Waals surface area contributed by atoms with Gasteiger partial charge in [0.2, 0.25) is 0 Å². The molecule has 0 aromatic heterocycles. The maximum Gasteiger partial charge on any atom is 0.161 e. The molecule has 0 saturated heterocycles. The van der Waals surface area contributed by atoms with Gasteiger partial charge in [0, 0.05) is 6.04 Å². The lowest BCUT2D eigenvalue weighted by Crippen LogP contribution is -2.16. The average Bonchev–Trinajstić information content (AvgIpc) is 2.56. The first-order valence-corrected chi connectivity index (χ1v) is 7.63. The van der Waals surface area contributed by atoms with Gasteiger partial charge in [0.25, 0.3) is 0 Å². The number of ether oxygens (including phenoxy) is 3. The SMILES string of the molecule is CCOc1ccc(C(N)Cc2ccc3c(c2)OCCO3)cc1. The normalized spacial score (nSPS) is 14.5. The van der Waals surface area contributed by atoms with Crippen molar-refractivity contribution in [2.75, 3.05) is 19.8 Å². The van der Waals surface area contributed by atoms with E-state index in [1.54, 1.807) is 0 Å². The molecule has 0 fully saturated rings. The molecule has 1 heterocycles. The van der Waals surface area contributed by atoms with Gasteiger partial charge in [-0.25, -0.2) is 0 Å². The van der Waals surface area contributed by atoms with E-state index in [2.05, 4.69) is 0 Å². The van der Waals surface area contributed by atoms with E-state index in [1.807, 2.05) is 49.4 Å². The summed E-state index contributed by atoms with van der Waals surface area (Å²) in [7, 11) is 0. The fraction of sp³-hybridized carbons (Fsp3) is 0.333. The fourth-order valence-corrected chi connectivity index (χ4v) is 2.56. The van der Waals surface area contributed by atoms with Gasteiger partial charge < -0.3 is 19.9 Å². The lowest BCUT2D eigenvalue weighted by Gasteiger charge is -2.20. The van der Waals surface area contributed by atoms with Crippen LogP contribution in [-0.2, 0) is 6.42 Å². The summed E-state index contributed by atoms with van der Waals surface area (Å²) in [5, 5.41) is 0. The molecule has 4 heteroatoms. The van der Waals surface area contributed by atoms with E-state index in [4.69, 9.17) is 19.9 Å². The maximum absolute atomic E-state index is 6.31. The second-order valence-corrected chi connectivity index (χ2v) is 5.29. The third kappa shape index (κ3) is 3.34. The molecule has 116 valence electrons. The van der Waals surface area contributed by atoms with Crippen molar-refractivity contribution in [1.82, 2.24) is 0 Å². The van der Waals surface area contributed by atoms with Gasteiger partial charge in [-0.3, -0.25) is 0 Å². The first-order valence-electron chi connectivity index (χ1n) is 7.63. The number of fused-ring (bicyclic) bond motifs is 1. The van der Waals surface area contributed by atoms with Crippen LogP contribution in [0.15, 0.2) is 42.5 Å². The zero-order valence-corrected chi connectivity index (χ0v) is 12.7.